The van der Waals surface area contributed by atoms with Gasteiger partial charge in [-0.25, -0.2) is 0 Å². The number of hydrogen-bond acceptors (Lipinski definition) is 3. The third kappa shape index (κ3) is 4.81. The summed E-state index contributed by atoms with van der Waals surface area (Å²) in [5.41, 5.74) is 0. The first-order valence-corrected chi connectivity index (χ1v) is 3.86. The normalized spacial score (nSPS) is 13.9. The summed E-state index contributed by atoms with van der Waals surface area (Å²) >= 11 is 8.20. The van der Waals surface area contributed by atoms with E-state index in [0.29, 0.717) is 5.25 Å². The molecule has 0 aromatic rings. The molecule has 0 spiro atoms. The van der Waals surface area contributed by atoms with Crippen LogP contribution in [0.3, 0.4) is 0 Å². The van der Waals surface area contributed by atoms with Crippen LogP contribution in [0.25, 0.3) is 0 Å². The average Bonchev–Trinajstić information content (AvgIpc) is 1.68. The van der Waals surface area contributed by atoms with Gasteiger partial charge in [0.25, 0.3) is 0 Å². The van der Waals surface area contributed by atoms with Gasteiger partial charge in [0.1, 0.15) is 0 Å². The van der Waals surface area contributed by atoms with Crippen molar-refractivity contribution in [3.05, 3.63) is 0 Å². The van der Waals surface area contributed by atoms with Crippen molar-refractivity contribution in [3.8, 4) is 0 Å². The van der Waals surface area contributed by atoms with Crippen molar-refractivity contribution in [2.75, 3.05) is 12.4 Å². The number of aliphatic hydroxyl groups is 1. The first-order valence-electron chi connectivity index (χ1n) is 2.71. The molecule has 0 heterocycles. The molecule has 8 heavy (non-hydrogen) atoms. The Morgan fingerprint density at radius 1 is 1.38 bits per heavy atom. The van der Waals surface area contributed by atoms with Crippen molar-refractivity contribution in [1.82, 2.24) is 0 Å². The summed E-state index contributed by atoms with van der Waals surface area (Å²) in [5, 5.41) is 8.72. The predicted octanol–water partition coefficient (Wildman–Crippen LogP) is 0.987. The molecule has 0 aliphatic carbocycles. The monoisotopic (exact) mass is 152 g/mol. The fourth-order valence-corrected chi connectivity index (χ4v) is 1.20. The van der Waals surface area contributed by atoms with Crippen LogP contribution in [0, 0.1) is 0 Å². The van der Waals surface area contributed by atoms with Crippen LogP contribution >= 0.6 is 25.3 Å². The Bertz CT molecular complexity index is 43.7. The Balaban J connectivity index is 2.92. The van der Waals surface area contributed by atoms with Crippen LogP contribution in [-0.2, 0) is 0 Å². The van der Waals surface area contributed by atoms with Crippen molar-refractivity contribution in [1.29, 1.82) is 0 Å². The van der Waals surface area contributed by atoms with Crippen LogP contribution in [0.5, 0.6) is 0 Å². The summed E-state index contributed by atoms with van der Waals surface area (Å²) in [6, 6.07) is 0. The second-order valence-electron chi connectivity index (χ2n) is 1.68. The maximum absolute atomic E-state index is 8.39. The van der Waals surface area contributed by atoms with Crippen LogP contribution in [0.4, 0.5) is 0 Å². The molecule has 1 nitrogen and oxygen atoms in total. The number of rotatable bonds is 4. The molecule has 0 fully saturated rings. The molecule has 0 bridgehead atoms. The zero-order valence-electron chi connectivity index (χ0n) is 4.75. The summed E-state index contributed by atoms with van der Waals surface area (Å²) in [5.74, 6) is 0.855. The van der Waals surface area contributed by atoms with Crippen molar-refractivity contribution in [2.24, 2.45) is 0 Å². The molecule has 0 aromatic heterocycles. The molecule has 3 heteroatoms. The van der Waals surface area contributed by atoms with E-state index in [1.807, 2.05) is 0 Å². The van der Waals surface area contributed by atoms with E-state index in [4.69, 9.17) is 5.11 Å². The van der Waals surface area contributed by atoms with E-state index in [2.05, 4.69) is 25.3 Å². The smallest absolute Gasteiger partial charge is 0.0441 e. The average molecular weight is 152 g/mol. The Morgan fingerprint density at radius 3 is 2.38 bits per heavy atom. The number of hydrogen-bond donors (Lipinski definition) is 3. The van der Waals surface area contributed by atoms with Crippen LogP contribution < -0.4 is 0 Å². The first-order chi connectivity index (χ1) is 3.81. The van der Waals surface area contributed by atoms with E-state index in [1.54, 1.807) is 0 Å². The Morgan fingerprint density at radius 2 is 2.00 bits per heavy atom. The highest BCUT2D eigenvalue weighted by Crippen LogP contribution is 2.05. The SMILES string of the molecule is OCCC(S)CCS. The molecule has 0 aliphatic rings. The molecule has 0 amide bonds. The van der Waals surface area contributed by atoms with E-state index in [1.165, 1.54) is 0 Å². The quantitative estimate of drug-likeness (QED) is 0.513. The van der Waals surface area contributed by atoms with Gasteiger partial charge in [-0.05, 0) is 18.6 Å². The molecule has 0 saturated heterocycles. The number of thiol groups is 2. The third-order valence-electron chi connectivity index (χ3n) is 0.925. The van der Waals surface area contributed by atoms with Crippen molar-refractivity contribution >= 4 is 25.3 Å². The highest BCUT2D eigenvalue weighted by Gasteiger charge is 1.97. The van der Waals surface area contributed by atoms with Gasteiger partial charge in [0.15, 0.2) is 0 Å². The van der Waals surface area contributed by atoms with Gasteiger partial charge in [-0.1, -0.05) is 0 Å². The van der Waals surface area contributed by atoms with E-state index in [-0.39, 0.29) is 6.61 Å². The van der Waals surface area contributed by atoms with Gasteiger partial charge in [0.05, 0.1) is 0 Å². The van der Waals surface area contributed by atoms with Crippen LogP contribution in [0.1, 0.15) is 12.8 Å². The van der Waals surface area contributed by atoms with Crippen molar-refractivity contribution in [2.45, 2.75) is 18.1 Å². The second kappa shape index (κ2) is 5.79. The zero-order chi connectivity index (χ0) is 6.41. The van der Waals surface area contributed by atoms with Crippen molar-refractivity contribution in [3.63, 3.8) is 0 Å². The lowest BCUT2D eigenvalue weighted by atomic mass is 10.2. The second-order valence-corrected chi connectivity index (χ2v) is 2.86. The van der Waals surface area contributed by atoms with Crippen LogP contribution in [0.15, 0.2) is 0 Å². The van der Waals surface area contributed by atoms with Gasteiger partial charge in [-0.2, -0.15) is 25.3 Å². The van der Waals surface area contributed by atoms with E-state index in [9.17, 15) is 0 Å². The molecule has 0 aromatic carbocycles. The molecule has 0 aliphatic heterocycles. The minimum absolute atomic E-state index is 0.238. The summed E-state index contributed by atoms with van der Waals surface area (Å²) < 4.78 is 0. The summed E-state index contributed by atoms with van der Waals surface area (Å²) in [6.45, 7) is 0.238. The fraction of sp³-hybridized carbons (Fsp3) is 1.00. The van der Waals surface area contributed by atoms with Crippen LogP contribution in [-0.4, -0.2) is 22.7 Å². The van der Waals surface area contributed by atoms with Gasteiger partial charge in [0.2, 0.25) is 0 Å². The predicted molar refractivity (Wildman–Crippen MR) is 42.9 cm³/mol. The standard InChI is InChI=1S/C5H12OS2/c6-3-1-5(8)2-4-7/h5-8H,1-4H2. The maximum atomic E-state index is 8.39. The largest absolute Gasteiger partial charge is 0.396 e. The van der Waals surface area contributed by atoms with Crippen LogP contribution in [0.2, 0.25) is 0 Å². The summed E-state index contributed by atoms with van der Waals surface area (Å²) in [7, 11) is 0. The molecule has 1 atom stereocenters. The Hall–Kier alpha value is 0.660. The molecule has 1 N–H and O–H groups in total. The molecular weight excluding hydrogens is 140 g/mol. The lowest BCUT2D eigenvalue weighted by molar-refractivity contribution is 0.286. The fourth-order valence-electron chi connectivity index (χ4n) is 0.442. The number of aliphatic hydroxyl groups excluding tert-OH is 1. The minimum Gasteiger partial charge on any atom is -0.396 e. The molecule has 0 radical (unpaired) electrons. The van der Waals surface area contributed by atoms with E-state index >= 15 is 0 Å². The molecule has 50 valence electrons. The van der Waals surface area contributed by atoms with Gasteiger partial charge < -0.3 is 5.11 Å². The van der Waals surface area contributed by atoms with E-state index in [0.717, 1.165) is 18.6 Å². The lowest BCUT2D eigenvalue weighted by Crippen LogP contribution is -2.01. The summed E-state index contributed by atoms with van der Waals surface area (Å²) in [6.07, 6.45) is 1.76. The highest BCUT2D eigenvalue weighted by molar-refractivity contribution is 7.81. The van der Waals surface area contributed by atoms with Gasteiger partial charge in [-0.3, -0.25) is 0 Å². The molecular formula is C5H12OS2. The molecule has 0 saturated carbocycles. The van der Waals surface area contributed by atoms with Gasteiger partial charge in [-0.15, -0.1) is 0 Å². The Labute approximate surface area is 61.3 Å². The van der Waals surface area contributed by atoms with E-state index < -0.39 is 0 Å². The molecule has 0 rings (SSSR count). The van der Waals surface area contributed by atoms with Gasteiger partial charge in [0, 0.05) is 11.9 Å². The summed E-state index contributed by atoms with van der Waals surface area (Å²) in [4.78, 5) is 0. The van der Waals surface area contributed by atoms with Gasteiger partial charge >= 0.3 is 0 Å². The highest BCUT2D eigenvalue weighted by atomic mass is 32.1. The van der Waals surface area contributed by atoms with Crippen molar-refractivity contribution < 1.29 is 5.11 Å². The Kier molecular flexibility index (Phi) is 6.27. The lowest BCUT2D eigenvalue weighted by Gasteiger charge is -2.03. The zero-order valence-corrected chi connectivity index (χ0v) is 6.54. The molecule has 1 unspecified atom stereocenters. The minimum atomic E-state index is 0.238. The topological polar surface area (TPSA) is 20.2 Å². The first kappa shape index (κ1) is 8.66. The third-order valence-corrected chi connectivity index (χ3v) is 1.70. The maximum Gasteiger partial charge on any atom is 0.0441 e.